The molecular formula is C10H12ClN3O2. The number of amides is 1. The summed E-state index contributed by atoms with van der Waals surface area (Å²) in [6, 6.07) is 0. The topological polar surface area (TPSA) is 66.3 Å². The minimum atomic E-state index is -0.432. The van der Waals surface area contributed by atoms with E-state index in [1.807, 2.05) is 0 Å². The molecule has 0 unspecified atom stereocenters. The zero-order valence-corrected chi connectivity index (χ0v) is 9.39. The number of aliphatic hydroxyl groups excluding tert-OH is 1. The van der Waals surface area contributed by atoms with E-state index in [0.717, 1.165) is 12.8 Å². The SMILES string of the molecule is O=C(c1cnc(Cl)cn1)N1CCC[C@H](O)C1. The van der Waals surface area contributed by atoms with Gasteiger partial charge in [0.25, 0.3) is 5.91 Å². The van der Waals surface area contributed by atoms with E-state index in [0.29, 0.717) is 13.1 Å². The lowest BCUT2D eigenvalue weighted by molar-refractivity contribution is 0.0468. The van der Waals surface area contributed by atoms with Crippen LogP contribution in [0.3, 0.4) is 0 Å². The fraction of sp³-hybridized carbons (Fsp3) is 0.500. The largest absolute Gasteiger partial charge is 0.391 e. The van der Waals surface area contributed by atoms with E-state index in [4.69, 9.17) is 11.6 Å². The maximum Gasteiger partial charge on any atom is 0.274 e. The Kier molecular flexibility index (Phi) is 3.36. The molecule has 0 aliphatic carbocycles. The molecule has 0 spiro atoms. The third kappa shape index (κ3) is 2.48. The van der Waals surface area contributed by atoms with E-state index in [-0.39, 0.29) is 16.8 Å². The molecule has 1 aromatic heterocycles. The van der Waals surface area contributed by atoms with Crippen molar-refractivity contribution >= 4 is 17.5 Å². The Hall–Kier alpha value is -1.20. The van der Waals surface area contributed by atoms with E-state index < -0.39 is 6.10 Å². The summed E-state index contributed by atoms with van der Waals surface area (Å²) in [5.74, 6) is -0.206. The van der Waals surface area contributed by atoms with Crippen LogP contribution in [-0.2, 0) is 0 Å². The van der Waals surface area contributed by atoms with Gasteiger partial charge in [-0.2, -0.15) is 0 Å². The smallest absolute Gasteiger partial charge is 0.274 e. The molecule has 1 saturated heterocycles. The molecule has 5 nitrogen and oxygen atoms in total. The molecule has 1 aliphatic heterocycles. The van der Waals surface area contributed by atoms with Crippen LogP contribution in [0.25, 0.3) is 0 Å². The highest BCUT2D eigenvalue weighted by atomic mass is 35.5. The maximum atomic E-state index is 11.9. The van der Waals surface area contributed by atoms with Crippen molar-refractivity contribution in [2.45, 2.75) is 18.9 Å². The van der Waals surface area contributed by atoms with Gasteiger partial charge in [0.15, 0.2) is 0 Å². The Morgan fingerprint density at radius 2 is 2.31 bits per heavy atom. The summed E-state index contributed by atoms with van der Waals surface area (Å²) in [5, 5.41) is 9.73. The Balaban J connectivity index is 2.09. The summed E-state index contributed by atoms with van der Waals surface area (Å²) in [6.45, 7) is 1.02. The van der Waals surface area contributed by atoms with Crippen LogP contribution in [0.4, 0.5) is 0 Å². The summed E-state index contributed by atoms with van der Waals surface area (Å²) in [4.78, 5) is 21.2. The number of hydrogen-bond donors (Lipinski definition) is 1. The molecule has 86 valence electrons. The fourth-order valence-corrected chi connectivity index (χ4v) is 1.82. The molecule has 0 bridgehead atoms. The van der Waals surface area contributed by atoms with Crippen molar-refractivity contribution in [2.75, 3.05) is 13.1 Å². The third-order valence-corrected chi connectivity index (χ3v) is 2.72. The normalized spacial score (nSPS) is 20.9. The number of likely N-dealkylation sites (tertiary alicyclic amines) is 1. The predicted molar refractivity (Wildman–Crippen MR) is 58.2 cm³/mol. The highest BCUT2D eigenvalue weighted by Gasteiger charge is 2.23. The molecular weight excluding hydrogens is 230 g/mol. The van der Waals surface area contributed by atoms with Gasteiger partial charge >= 0.3 is 0 Å². The molecule has 1 atom stereocenters. The van der Waals surface area contributed by atoms with Gasteiger partial charge in [-0.3, -0.25) is 4.79 Å². The van der Waals surface area contributed by atoms with E-state index in [1.54, 1.807) is 4.90 Å². The number of carbonyl (C=O) groups excluding carboxylic acids is 1. The Morgan fingerprint density at radius 1 is 1.50 bits per heavy atom. The van der Waals surface area contributed by atoms with Crippen LogP contribution in [0.15, 0.2) is 12.4 Å². The van der Waals surface area contributed by atoms with Crippen molar-refractivity contribution in [3.63, 3.8) is 0 Å². The van der Waals surface area contributed by atoms with Gasteiger partial charge in [0.2, 0.25) is 0 Å². The van der Waals surface area contributed by atoms with Crippen LogP contribution in [0.5, 0.6) is 0 Å². The van der Waals surface area contributed by atoms with Crippen molar-refractivity contribution in [2.24, 2.45) is 0 Å². The average Bonchev–Trinajstić information content (AvgIpc) is 2.29. The molecule has 0 aromatic carbocycles. The van der Waals surface area contributed by atoms with Gasteiger partial charge < -0.3 is 10.0 Å². The van der Waals surface area contributed by atoms with Gasteiger partial charge in [0.1, 0.15) is 10.8 Å². The summed E-state index contributed by atoms with van der Waals surface area (Å²) in [6.07, 6.45) is 3.82. The summed E-state index contributed by atoms with van der Waals surface area (Å²) >= 11 is 5.59. The molecule has 6 heteroatoms. The highest BCUT2D eigenvalue weighted by molar-refractivity contribution is 6.29. The van der Waals surface area contributed by atoms with Crippen LogP contribution < -0.4 is 0 Å². The molecule has 1 aliphatic rings. The van der Waals surface area contributed by atoms with E-state index in [1.165, 1.54) is 12.4 Å². The van der Waals surface area contributed by atoms with Crippen molar-refractivity contribution < 1.29 is 9.90 Å². The molecule has 0 radical (unpaired) electrons. The second kappa shape index (κ2) is 4.76. The molecule has 1 aromatic rings. The van der Waals surface area contributed by atoms with Crippen molar-refractivity contribution in [1.82, 2.24) is 14.9 Å². The highest BCUT2D eigenvalue weighted by Crippen LogP contribution is 2.12. The molecule has 1 fully saturated rings. The number of piperidine rings is 1. The molecule has 1 amide bonds. The first-order chi connectivity index (χ1) is 7.66. The summed E-state index contributed by atoms with van der Waals surface area (Å²) < 4.78 is 0. The van der Waals surface area contributed by atoms with Crippen LogP contribution in [0, 0.1) is 0 Å². The van der Waals surface area contributed by atoms with Crippen LogP contribution >= 0.6 is 11.6 Å². The van der Waals surface area contributed by atoms with Crippen LogP contribution in [0.1, 0.15) is 23.3 Å². The second-order valence-electron chi connectivity index (χ2n) is 3.77. The lowest BCUT2D eigenvalue weighted by Crippen LogP contribution is -2.42. The quantitative estimate of drug-likeness (QED) is 0.787. The number of carbonyl (C=O) groups is 1. The number of nitrogens with zero attached hydrogens (tertiary/aromatic N) is 3. The van der Waals surface area contributed by atoms with Crippen LogP contribution in [0.2, 0.25) is 5.15 Å². The molecule has 1 N–H and O–H groups in total. The number of aromatic nitrogens is 2. The van der Waals surface area contributed by atoms with Crippen molar-refractivity contribution in [3.05, 3.63) is 23.2 Å². The first-order valence-electron chi connectivity index (χ1n) is 5.11. The fourth-order valence-electron chi connectivity index (χ4n) is 1.72. The molecule has 0 saturated carbocycles. The molecule has 2 heterocycles. The number of aliphatic hydroxyl groups is 1. The minimum Gasteiger partial charge on any atom is -0.391 e. The molecule has 16 heavy (non-hydrogen) atoms. The average molecular weight is 242 g/mol. The van der Waals surface area contributed by atoms with Crippen LogP contribution in [-0.4, -0.2) is 45.1 Å². The number of halogens is 1. The van der Waals surface area contributed by atoms with Gasteiger partial charge in [-0.25, -0.2) is 9.97 Å². The lowest BCUT2D eigenvalue weighted by Gasteiger charge is -2.29. The van der Waals surface area contributed by atoms with E-state index in [9.17, 15) is 9.90 Å². The summed E-state index contributed by atoms with van der Waals surface area (Å²) in [7, 11) is 0. The zero-order chi connectivity index (χ0) is 11.5. The van der Waals surface area contributed by atoms with Crippen molar-refractivity contribution in [3.8, 4) is 0 Å². The maximum absolute atomic E-state index is 11.9. The Bertz CT molecular complexity index is 382. The monoisotopic (exact) mass is 241 g/mol. The Labute approximate surface area is 98.1 Å². The predicted octanol–water partition coefficient (Wildman–Crippen LogP) is 0.727. The second-order valence-corrected chi connectivity index (χ2v) is 4.16. The zero-order valence-electron chi connectivity index (χ0n) is 8.64. The van der Waals surface area contributed by atoms with E-state index >= 15 is 0 Å². The lowest BCUT2D eigenvalue weighted by atomic mass is 10.1. The standard InChI is InChI=1S/C10H12ClN3O2/c11-9-5-12-8(4-13-9)10(16)14-3-1-2-7(15)6-14/h4-5,7,15H,1-3,6H2/t7-/m0/s1. The number of β-amino-alcohol motifs (C(OH)–C–C–N with tert-alkyl or cyclic N) is 1. The first kappa shape index (κ1) is 11.3. The van der Waals surface area contributed by atoms with Crippen molar-refractivity contribution in [1.29, 1.82) is 0 Å². The third-order valence-electron chi connectivity index (χ3n) is 2.52. The van der Waals surface area contributed by atoms with Gasteiger partial charge in [-0.05, 0) is 12.8 Å². The number of hydrogen-bond acceptors (Lipinski definition) is 4. The number of rotatable bonds is 1. The van der Waals surface area contributed by atoms with Gasteiger partial charge in [-0.15, -0.1) is 0 Å². The first-order valence-corrected chi connectivity index (χ1v) is 5.49. The minimum absolute atomic E-state index is 0.206. The van der Waals surface area contributed by atoms with E-state index in [2.05, 4.69) is 9.97 Å². The van der Waals surface area contributed by atoms with Gasteiger partial charge in [0, 0.05) is 13.1 Å². The summed E-state index contributed by atoms with van der Waals surface area (Å²) in [5.41, 5.74) is 0.263. The Morgan fingerprint density at radius 3 is 2.94 bits per heavy atom. The van der Waals surface area contributed by atoms with Gasteiger partial charge in [-0.1, -0.05) is 11.6 Å². The molecule has 2 rings (SSSR count). The van der Waals surface area contributed by atoms with Gasteiger partial charge in [0.05, 0.1) is 18.5 Å².